The molecule has 4 heteroatoms. The second-order valence-electron chi connectivity index (χ2n) is 4.55. The van der Waals surface area contributed by atoms with Crippen molar-refractivity contribution >= 4 is 23.4 Å². The Balaban J connectivity index is 2.05. The summed E-state index contributed by atoms with van der Waals surface area (Å²) in [6, 6.07) is 7.77. The van der Waals surface area contributed by atoms with Crippen LogP contribution in [0.25, 0.3) is 0 Å². The summed E-state index contributed by atoms with van der Waals surface area (Å²) >= 11 is 1.79. The molecule has 0 spiro atoms. The molecule has 0 radical (unpaired) electrons. The Morgan fingerprint density at radius 3 is 2.89 bits per heavy atom. The molecule has 1 saturated heterocycles. The molecule has 1 aromatic carbocycles. The lowest BCUT2D eigenvalue weighted by Gasteiger charge is -2.24. The molecule has 18 heavy (non-hydrogen) atoms. The van der Waals surface area contributed by atoms with Gasteiger partial charge in [0.1, 0.15) is 0 Å². The molecule has 0 bridgehead atoms. The highest BCUT2D eigenvalue weighted by atomic mass is 32.2. The topological polar surface area (TPSA) is 46.3 Å². The summed E-state index contributed by atoms with van der Waals surface area (Å²) in [5.74, 6) is 1.38. The first-order valence-electron chi connectivity index (χ1n) is 6.46. The van der Waals surface area contributed by atoms with Crippen molar-refractivity contribution in [2.75, 3.05) is 18.0 Å². The van der Waals surface area contributed by atoms with Crippen molar-refractivity contribution in [3.8, 4) is 0 Å². The maximum atomic E-state index is 12.4. The number of carbonyl (C=O) groups is 1. The van der Waals surface area contributed by atoms with Crippen molar-refractivity contribution in [3.63, 3.8) is 0 Å². The molecule has 98 valence electrons. The monoisotopic (exact) mass is 264 g/mol. The van der Waals surface area contributed by atoms with Crippen molar-refractivity contribution in [2.24, 2.45) is 0 Å². The lowest BCUT2D eigenvalue weighted by molar-refractivity contribution is -0.131. The van der Waals surface area contributed by atoms with Crippen LogP contribution in [0.3, 0.4) is 0 Å². The molecule has 1 amide bonds. The summed E-state index contributed by atoms with van der Waals surface area (Å²) in [6.07, 6.45) is 2.18. The Bertz CT molecular complexity index is 416. The van der Waals surface area contributed by atoms with Gasteiger partial charge in [0.05, 0.1) is 5.25 Å². The first-order valence-corrected chi connectivity index (χ1v) is 7.51. The summed E-state index contributed by atoms with van der Waals surface area (Å²) in [5, 5.41) is 0.162. The van der Waals surface area contributed by atoms with Gasteiger partial charge in [-0.3, -0.25) is 4.79 Å². The largest absolute Gasteiger partial charge is 0.398 e. The van der Waals surface area contributed by atoms with Gasteiger partial charge in [0.2, 0.25) is 5.91 Å². The molecule has 0 aliphatic carbocycles. The summed E-state index contributed by atoms with van der Waals surface area (Å²) < 4.78 is 0. The number of thioether (sulfide) groups is 1. The average molecular weight is 264 g/mol. The third-order valence-corrected chi connectivity index (χ3v) is 4.68. The fourth-order valence-electron chi connectivity index (χ4n) is 2.21. The van der Waals surface area contributed by atoms with E-state index < -0.39 is 0 Å². The highest BCUT2D eigenvalue weighted by Crippen LogP contribution is 2.28. The highest BCUT2D eigenvalue weighted by molar-refractivity contribution is 8.00. The minimum atomic E-state index is 0.162. The van der Waals surface area contributed by atoms with Crippen LogP contribution in [0.15, 0.2) is 24.3 Å². The van der Waals surface area contributed by atoms with Crippen molar-refractivity contribution in [1.82, 2.24) is 4.90 Å². The molecule has 1 heterocycles. The number of hydrogen-bond donors (Lipinski definition) is 1. The van der Waals surface area contributed by atoms with Crippen LogP contribution in [0, 0.1) is 0 Å². The highest BCUT2D eigenvalue weighted by Gasteiger charge is 2.27. The number of hydrogen-bond acceptors (Lipinski definition) is 3. The number of amides is 1. The van der Waals surface area contributed by atoms with E-state index in [1.165, 1.54) is 0 Å². The minimum Gasteiger partial charge on any atom is -0.398 e. The van der Waals surface area contributed by atoms with Gasteiger partial charge >= 0.3 is 0 Å². The normalized spacial score (nSPS) is 18.8. The first-order chi connectivity index (χ1) is 8.72. The van der Waals surface area contributed by atoms with Gasteiger partial charge in [0.15, 0.2) is 0 Å². The van der Waals surface area contributed by atoms with Gasteiger partial charge in [-0.25, -0.2) is 0 Å². The second kappa shape index (κ2) is 6.14. The molecule has 2 N–H and O–H groups in total. The Hall–Kier alpha value is -1.16. The van der Waals surface area contributed by atoms with Crippen LogP contribution >= 0.6 is 11.8 Å². The van der Waals surface area contributed by atoms with E-state index in [0.29, 0.717) is 6.54 Å². The fraction of sp³-hybridized carbons (Fsp3) is 0.500. The van der Waals surface area contributed by atoms with Gasteiger partial charge in [-0.2, -0.15) is 0 Å². The standard InChI is InChI=1S/C14H20N2OS/c1-2-16(14(17)13-8-5-9-18-13)10-11-6-3-4-7-12(11)15/h3-4,6-7,13H,2,5,8-10,15H2,1H3. The molecule has 1 aromatic rings. The number of anilines is 1. The number of nitrogens with zero attached hydrogens (tertiary/aromatic N) is 1. The van der Waals surface area contributed by atoms with Crippen molar-refractivity contribution in [2.45, 2.75) is 31.6 Å². The zero-order valence-corrected chi connectivity index (χ0v) is 11.6. The van der Waals surface area contributed by atoms with E-state index in [4.69, 9.17) is 5.73 Å². The molecule has 1 aliphatic heterocycles. The SMILES string of the molecule is CCN(Cc1ccccc1N)C(=O)C1CCCS1. The molecule has 2 rings (SSSR count). The van der Waals surface area contributed by atoms with Crippen molar-refractivity contribution in [3.05, 3.63) is 29.8 Å². The Kier molecular flexibility index (Phi) is 4.53. The van der Waals surface area contributed by atoms with Gasteiger partial charge in [0, 0.05) is 18.8 Å². The van der Waals surface area contributed by atoms with E-state index >= 15 is 0 Å². The van der Waals surface area contributed by atoms with Crippen LogP contribution in [-0.4, -0.2) is 28.4 Å². The Morgan fingerprint density at radius 1 is 1.50 bits per heavy atom. The third-order valence-electron chi connectivity index (χ3n) is 3.31. The van der Waals surface area contributed by atoms with E-state index in [1.54, 1.807) is 11.8 Å². The molecular formula is C14H20N2OS. The molecule has 0 saturated carbocycles. The van der Waals surface area contributed by atoms with Crippen LogP contribution in [0.1, 0.15) is 25.3 Å². The molecule has 1 unspecified atom stereocenters. The van der Waals surface area contributed by atoms with Crippen LogP contribution in [0.4, 0.5) is 5.69 Å². The summed E-state index contributed by atoms with van der Waals surface area (Å²) in [5.41, 5.74) is 7.74. The van der Waals surface area contributed by atoms with Gasteiger partial charge in [0.25, 0.3) is 0 Å². The summed E-state index contributed by atoms with van der Waals surface area (Å²) in [7, 11) is 0. The lowest BCUT2D eigenvalue weighted by Crippen LogP contribution is -2.36. The number of nitrogen functional groups attached to an aromatic ring is 1. The average Bonchev–Trinajstić information content (AvgIpc) is 2.91. The zero-order chi connectivity index (χ0) is 13.0. The molecule has 0 aromatic heterocycles. The maximum absolute atomic E-state index is 12.4. The predicted octanol–water partition coefficient (Wildman–Crippen LogP) is 2.51. The van der Waals surface area contributed by atoms with E-state index in [2.05, 4.69) is 0 Å². The third kappa shape index (κ3) is 2.99. The van der Waals surface area contributed by atoms with E-state index in [1.807, 2.05) is 36.1 Å². The van der Waals surface area contributed by atoms with Crippen LogP contribution in [-0.2, 0) is 11.3 Å². The van der Waals surface area contributed by atoms with E-state index in [-0.39, 0.29) is 11.2 Å². The quantitative estimate of drug-likeness (QED) is 0.850. The molecule has 1 fully saturated rings. The van der Waals surface area contributed by atoms with Crippen LogP contribution in [0.5, 0.6) is 0 Å². The van der Waals surface area contributed by atoms with E-state index in [0.717, 1.165) is 36.4 Å². The smallest absolute Gasteiger partial charge is 0.235 e. The van der Waals surface area contributed by atoms with E-state index in [9.17, 15) is 4.79 Å². The Labute approximate surface area is 113 Å². The lowest BCUT2D eigenvalue weighted by atomic mass is 10.1. The van der Waals surface area contributed by atoms with Gasteiger partial charge in [-0.1, -0.05) is 18.2 Å². The van der Waals surface area contributed by atoms with Crippen LogP contribution < -0.4 is 5.73 Å². The number of benzene rings is 1. The number of nitrogens with two attached hydrogens (primary N) is 1. The first kappa shape index (κ1) is 13.3. The fourth-order valence-corrected chi connectivity index (χ4v) is 3.45. The number of para-hydroxylation sites is 1. The minimum absolute atomic E-state index is 0.162. The zero-order valence-electron chi connectivity index (χ0n) is 10.8. The number of rotatable bonds is 4. The molecule has 1 atom stereocenters. The van der Waals surface area contributed by atoms with Crippen molar-refractivity contribution < 1.29 is 4.79 Å². The van der Waals surface area contributed by atoms with Gasteiger partial charge < -0.3 is 10.6 Å². The van der Waals surface area contributed by atoms with Crippen LogP contribution in [0.2, 0.25) is 0 Å². The maximum Gasteiger partial charge on any atom is 0.235 e. The second-order valence-corrected chi connectivity index (χ2v) is 5.86. The number of carbonyl (C=O) groups excluding carboxylic acids is 1. The predicted molar refractivity (Wildman–Crippen MR) is 77.4 cm³/mol. The van der Waals surface area contributed by atoms with Gasteiger partial charge in [-0.15, -0.1) is 11.8 Å². The molecular weight excluding hydrogens is 244 g/mol. The molecule has 1 aliphatic rings. The Morgan fingerprint density at radius 2 is 2.28 bits per heavy atom. The summed E-state index contributed by atoms with van der Waals surface area (Å²) in [6.45, 7) is 3.39. The van der Waals surface area contributed by atoms with Crippen molar-refractivity contribution in [1.29, 1.82) is 0 Å². The molecule has 3 nitrogen and oxygen atoms in total. The van der Waals surface area contributed by atoms with Gasteiger partial charge in [-0.05, 0) is 37.1 Å². The summed E-state index contributed by atoms with van der Waals surface area (Å²) in [4.78, 5) is 14.3.